The molecule has 0 radical (unpaired) electrons. The molecular formula is C14H20N4OS. The quantitative estimate of drug-likeness (QED) is 0.905. The highest BCUT2D eigenvalue weighted by atomic mass is 32.1. The molecule has 0 aliphatic rings. The smallest absolute Gasteiger partial charge is 0.242 e. The number of carbonyl (C=O) groups is 1. The Balaban J connectivity index is 2.06. The molecule has 0 aromatic carbocycles. The molecule has 2 rings (SSSR count). The average molecular weight is 292 g/mol. The van der Waals surface area contributed by atoms with Crippen LogP contribution >= 0.6 is 11.3 Å². The van der Waals surface area contributed by atoms with Gasteiger partial charge >= 0.3 is 0 Å². The zero-order valence-electron chi connectivity index (χ0n) is 12.2. The number of amides is 1. The van der Waals surface area contributed by atoms with Crippen molar-refractivity contribution in [2.24, 2.45) is 12.8 Å². The van der Waals surface area contributed by atoms with Crippen molar-refractivity contribution in [2.75, 3.05) is 0 Å². The first-order valence-corrected chi connectivity index (χ1v) is 7.31. The van der Waals surface area contributed by atoms with Crippen LogP contribution in [0.1, 0.15) is 39.9 Å². The minimum Gasteiger partial charge on any atom is -0.348 e. The van der Waals surface area contributed by atoms with Crippen molar-refractivity contribution in [3.05, 3.63) is 39.3 Å². The molecule has 2 heterocycles. The molecule has 5 nitrogen and oxygen atoms in total. The third-order valence-corrected chi connectivity index (χ3v) is 4.25. The molecule has 2 unspecified atom stereocenters. The van der Waals surface area contributed by atoms with Gasteiger partial charge in [-0.05, 0) is 32.4 Å². The fraction of sp³-hybridized carbons (Fsp3) is 0.429. The van der Waals surface area contributed by atoms with Crippen LogP contribution in [0.2, 0.25) is 0 Å². The van der Waals surface area contributed by atoms with E-state index in [1.807, 2.05) is 6.92 Å². The summed E-state index contributed by atoms with van der Waals surface area (Å²) < 4.78 is 1.64. The molecule has 0 saturated heterocycles. The van der Waals surface area contributed by atoms with E-state index in [2.05, 4.69) is 30.3 Å². The summed E-state index contributed by atoms with van der Waals surface area (Å²) in [5.41, 5.74) is 7.83. The molecule has 2 aromatic rings. The van der Waals surface area contributed by atoms with Gasteiger partial charge in [0.1, 0.15) is 6.04 Å². The van der Waals surface area contributed by atoms with Crippen molar-refractivity contribution >= 4 is 17.2 Å². The topological polar surface area (TPSA) is 72.9 Å². The van der Waals surface area contributed by atoms with Crippen LogP contribution < -0.4 is 11.1 Å². The molecule has 0 bridgehead atoms. The van der Waals surface area contributed by atoms with Gasteiger partial charge in [0.2, 0.25) is 5.91 Å². The summed E-state index contributed by atoms with van der Waals surface area (Å²) in [6.07, 6.45) is 3.38. The Morgan fingerprint density at radius 3 is 2.70 bits per heavy atom. The van der Waals surface area contributed by atoms with E-state index in [0.717, 1.165) is 11.1 Å². The summed E-state index contributed by atoms with van der Waals surface area (Å²) >= 11 is 1.74. The Bertz CT molecular complexity index is 616. The predicted molar refractivity (Wildman–Crippen MR) is 80.5 cm³/mol. The summed E-state index contributed by atoms with van der Waals surface area (Å²) in [5.74, 6) is -0.186. The first-order chi connectivity index (χ1) is 9.38. The van der Waals surface area contributed by atoms with Crippen molar-refractivity contribution in [3.8, 4) is 0 Å². The van der Waals surface area contributed by atoms with Crippen LogP contribution in [0.15, 0.2) is 18.5 Å². The van der Waals surface area contributed by atoms with Crippen molar-refractivity contribution in [2.45, 2.75) is 32.9 Å². The Hall–Kier alpha value is -1.66. The minimum atomic E-state index is -0.689. The van der Waals surface area contributed by atoms with E-state index in [1.54, 1.807) is 35.5 Å². The minimum absolute atomic E-state index is 0.0461. The second kappa shape index (κ2) is 5.76. The molecule has 2 atom stereocenters. The van der Waals surface area contributed by atoms with Crippen molar-refractivity contribution < 1.29 is 4.79 Å². The highest BCUT2D eigenvalue weighted by molar-refractivity contribution is 7.12. The molecule has 0 aliphatic carbocycles. The van der Waals surface area contributed by atoms with E-state index in [1.165, 1.54) is 9.75 Å². The SMILES string of the molecule is Cc1cc(C(C)NC(=O)C(N)c2cnn(C)c2)c(C)s1. The number of nitrogens with zero attached hydrogens (tertiary/aromatic N) is 2. The maximum atomic E-state index is 12.2. The average Bonchev–Trinajstić information content (AvgIpc) is 2.94. The Kier molecular flexibility index (Phi) is 4.25. The van der Waals surface area contributed by atoms with E-state index < -0.39 is 6.04 Å². The van der Waals surface area contributed by atoms with Crippen LogP contribution in [0.3, 0.4) is 0 Å². The van der Waals surface area contributed by atoms with E-state index in [-0.39, 0.29) is 11.9 Å². The van der Waals surface area contributed by atoms with Gasteiger partial charge < -0.3 is 11.1 Å². The second-order valence-electron chi connectivity index (χ2n) is 5.02. The normalized spacial score (nSPS) is 14.1. The summed E-state index contributed by atoms with van der Waals surface area (Å²) in [7, 11) is 1.80. The van der Waals surface area contributed by atoms with Gasteiger partial charge in [-0.25, -0.2) is 0 Å². The molecule has 2 aromatic heterocycles. The van der Waals surface area contributed by atoms with Gasteiger partial charge in [0.15, 0.2) is 0 Å². The maximum absolute atomic E-state index is 12.2. The van der Waals surface area contributed by atoms with E-state index >= 15 is 0 Å². The monoisotopic (exact) mass is 292 g/mol. The molecule has 0 spiro atoms. The van der Waals surface area contributed by atoms with E-state index in [9.17, 15) is 4.79 Å². The molecule has 0 saturated carbocycles. The molecule has 0 aliphatic heterocycles. The molecule has 108 valence electrons. The third kappa shape index (κ3) is 3.08. The van der Waals surface area contributed by atoms with Gasteiger partial charge in [0.25, 0.3) is 0 Å². The van der Waals surface area contributed by atoms with Gasteiger partial charge in [0.05, 0.1) is 12.2 Å². The van der Waals surface area contributed by atoms with Gasteiger partial charge in [-0.15, -0.1) is 11.3 Å². The Morgan fingerprint density at radius 1 is 1.50 bits per heavy atom. The van der Waals surface area contributed by atoms with Crippen LogP contribution in [0.25, 0.3) is 0 Å². The van der Waals surface area contributed by atoms with Crippen LogP contribution in [-0.4, -0.2) is 15.7 Å². The maximum Gasteiger partial charge on any atom is 0.242 e. The highest BCUT2D eigenvalue weighted by Crippen LogP contribution is 2.26. The number of hydrogen-bond acceptors (Lipinski definition) is 4. The number of rotatable bonds is 4. The van der Waals surface area contributed by atoms with Crippen molar-refractivity contribution in [1.82, 2.24) is 15.1 Å². The first-order valence-electron chi connectivity index (χ1n) is 6.50. The molecule has 3 N–H and O–H groups in total. The third-order valence-electron chi connectivity index (χ3n) is 3.27. The van der Waals surface area contributed by atoms with Crippen molar-refractivity contribution in [3.63, 3.8) is 0 Å². The molecule has 20 heavy (non-hydrogen) atoms. The summed E-state index contributed by atoms with van der Waals surface area (Å²) in [6, 6.07) is 1.38. The van der Waals surface area contributed by atoms with Gasteiger partial charge in [-0.2, -0.15) is 5.10 Å². The number of nitrogens with two attached hydrogens (primary N) is 1. The molecular weight excluding hydrogens is 272 g/mol. The van der Waals surface area contributed by atoms with Gasteiger partial charge in [-0.1, -0.05) is 0 Å². The summed E-state index contributed by atoms with van der Waals surface area (Å²) in [5, 5.41) is 7.00. The molecule has 1 amide bonds. The fourth-order valence-corrected chi connectivity index (χ4v) is 3.24. The molecule has 0 fully saturated rings. The number of carbonyl (C=O) groups excluding carboxylic acids is 1. The first kappa shape index (κ1) is 14.7. The number of aryl methyl sites for hydroxylation is 3. The lowest BCUT2D eigenvalue weighted by atomic mass is 10.1. The Morgan fingerprint density at radius 2 is 2.20 bits per heavy atom. The van der Waals surface area contributed by atoms with E-state index in [4.69, 9.17) is 5.73 Å². The largest absolute Gasteiger partial charge is 0.348 e. The summed E-state index contributed by atoms with van der Waals surface area (Å²) in [4.78, 5) is 14.7. The summed E-state index contributed by atoms with van der Waals surface area (Å²) in [6.45, 7) is 6.11. The van der Waals surface area contributed by atoms with Gasteiger partial charge in [0, 0.05) is 28.6 Å². The Labute approximate surface area is 122 Å². The number of nitrogens with one attached hydrogen (secondary N) is 1. The lowest BCUT2D eigenvalue weighted by Crippen LogP contribution is -2.35. The van der Waals surface area contributed by atoms with Crippen LogP contribution in [-0.2, 0) is 11.8 Å². The van der Waals surface area contributed by atoms with Gasteiger partial charge in [-0.3, -0.25) is 9.48 Å². The zero-order chi connectivity index (χ0) is 14.9. The van der Waals surface area contributed by atoms with Crippen LogP contribution in [0.4, 0.5) is 0 Å². The number of aromatic nitrogens is 2. The molecule has 6 heteroatoms. The highest BCUT2D eigenvalue weighted by Gasteiger charge is 2.20. The zero-order valence-corrected chi connectivity index (χ0v) is 13.0. The second-order valence-corrected chi connectivity index (χ2v) is 6.48. The lowest BCUT2D eigenvalue weighted by Gasteiger charge is -2.17. The lowest BCUT2D eigenvalue weighted by molar-refractivity contribution is -0.123. The van der Waals surface area contributed by atoms with Crippen LogP contribution in [0, 0.1) is 13.8 Å². The predicted octanol–water partition coefficient (Wildman–Crippen LogP) is 1.98. The number of thiophene rings is 1. The fourth-order valence-electron chi connectivity index (χ4n) is 2.21. The van der Waals surface area contributed by atoms with E-state index in [0.29, 0.717) is 0 Å². The van der Waals surface area contributed by atoms with Crippen LogP contribution in [0.5, 0.6) is 0 Å². The number of hydrogen-bond donors (Lipinski definition) is 2. The van der Waals surface area contributed by atoms with Crippen molar-refractivity contribution in [1.29, 1.82) is 0 Å². The standard InChI is InChI=1S/C14H20N4OS/c1-8-5-12(10(3)20-8)9(2)17-14(19)13(15)11-6-16-18(4)7-11/h5-7,9,13H,15H2,1-4H3,(H,17,19).